The predicted octanol–water partition coefficient (Wildman–Crippen LogP) is 4.22. The zero-order valence-corrected chi connectivity index (χ0v) is 20.1. The van der Waals surface area contributed by atoms with Crippen LogP contribution in [0.3, 0.4) is 0 Å². The molecule has 1 fully saturated rings. The van der Waals surface area contributed by atoms with Gasteiger partial charge < -0.3 is 10.1 Å². The molecule has 0 aliphatic carbocycles. The molecule has 1 saturated heterocycles. The molecule has 1 N–H and O–H groups in total. The summed E-state index contributed by atoms with van der Waals surface area (Å²) in [5.41, 5.74) is 2.48. The van der Waals surface area contributed by atoms with Crippen molar-refractivity contribution in [3.8, 4) is 5.75 Å². The molecule has 0 bridgehead atoms. The molecule has 1 aromatic carbocycles. The average Bonchev–Trinajstić information content (AvgIpc) is 3.22. The summed E-state index contributed by atoms with van der Waals surface area (Å²) in [6, 6.07) is 7.22. The van der Waals surface area contributed by atoms with Crippen LogP contribution in [0, 0.1) is 0 Å². The maximum Gasteiger partial charge on any atom is 0.270 e. The number of benzene rings is 1. The van der Waals surface area contributed by atoms with Crippen LogP contribution in [0.1, 0.15) is 60.8 Å². The molecule has 1 amide bonds. The summed E-state index contributed by atoms with van der Waals surface area (Å²) in [6.07, 6.45) is 4.41. The molecule has 0 radical (unpaired) electrons. The van der Waals surface area contributed by atoms with Gasteiger partial charge in [0, 0.05) is 41.7 Å². The van der Waals surface area contributed by atoms with Gasteiger partial charge in [-0.05, 0) is 82.1 Å². The number of rotatable bonds is 8. The van der Waals surface area contributed by atoms with Crippen molar-refractivity contribution in [1.82, 2.24) is 15.2 Å². The van der Waals surface area contributed by atoms with Gasteiger partial charge in [-0.1, -0.05) is 11.6 Å². The third kappa shape index (κ3) is 6.78. The Morgan fingerprint density at radius 3 is 2.50 bits per heavy atom. The van der Waals surface area contributed by atoms with Crippen LogP contribution in [0.2, 0.25) is 5.02 Å². The molecular formula is C25H32ClN3O3. The van der Waals surface area contributed by atoms with Crippen molar-refractivity contribution >= 4 is 23.3 Å². The zero-order valence-electron chi connectivity index (χ0n) is 19.3. The molecule has 32 heavy (non-hydrogen) atoms. The number of aromatic nitrogens is 1. The molecule has 2 heterocycles. The molecule has 1 aliphatic heterocycles. The molecule has 0 atom stereocenters. The third-order valence-electron chi connectivity index (χ3n) is 5.38. The van der Waals surface area contributed by atoms with E-state index in [9.17, 15) is 9.59 Å². The number of pyridine rings is 1. The molecule has 0 saturated carbocycles. The number of hydrogen-bond donors (Lipinski definition) is 1. The van der Waals surface area contributed by atoms with E-state index in [0.717, 1.165) is 36.3 Å². The Hall–Kier alpha value is -2.44. The van der Waals surface area contributed by atoms with E-state index in [1.807, 2.05) is 32.9 Å². The van der Waals surface area contributed by atoms with Crippen molar-refractivity contribution in [2.45, 2.75) is 58.5 Å². The highest BCUT2D eigenvalue weighted by Gasteiger charge is 2.19. The standard InChI is InChI=1S/C25H32ClN3O3/c1-25(2,3)28-24(31)22-12-17(7-8-27-22)11-20(30)13-18-14-21(26)19(15-23(18)32-4)16-29-9-5-6-10-29/h7-8,12,14-15H,5-6,9-11,13,16H2,1-4H3,(H,28,31). The monoisotopic (exact) mass is 457 g/mol. The maximum atomic E-state index is 12.8. The van der Waals surface area contributed by atoms with Gasteiger partial charge in [-0.25, -0.2) is 0 Å². The van der Waals surface area contributed by atoms with Gasteiger partial charge in [0.15, 0.2) is 0 Å². The van der Waals surface area contributed by atoms with Gasteiger partial charge in [-0.2, -0.15) is 0 Å². The Labute approximate surface area is 195 Å². The van der Waals surface area contributed by atoms with Crippen LogP contribution in [0.5, 0.6) is 5.75 Å². The lowest BCUT2D eigenvalue weighted by molar-refractivity contribution is -0.117. The summed E-state index contributed by atoms with van der Waals surface area (Å²) in [6.45, 7) is 8.69. The number of carbonyl (C=O) groups excluding carboxylic acids is 2. The lowest BCUT2D eigenvalue weighted by atomic mass is 10.0. The number of ether oxygens (including phenoxy) is 1. The van der Waals surface area contributed by atoms with E-state index in [0.29, 0.717) is 16.5 Å². The van der Waals surface area contributed by atoms with Gasteiger partial charge in [0.05, 0.1) is 7.11 Å². The van der Waals surface area contributed by atoms with E-state index in [-0.39, 0.29) is 30.1 Å². The Morgan fingerprint density at radius 1 is 1.12 bits per heavy atom. The summed E-state index contributed by atoms with van der Waals surface area (Å²) in [7, 11) is 1.61. The largest absolute Gasteiger partial charge is 0.496 e. The molecule has 0 unspecified atom stereocenters. The molecule has 1 aromatic heterocycles. The SMILES string of the molecule is COc1cc(CN2CCCC2)c(Cl)cc1CC(=O)Cc1ccnc(C(=O)NC(C)(C)C)c1. The molecule has 7 heteroatoms. The first-order chi connectivity index (χ1) is 15.1. The van der Waals surface area contributed by atoms with Gasteiger partial charge in [-0.15, -0.1) is 0 Å². The van der Waals surface area contributed by atoms with Gasteiger partial charge >= 0.3 is 0 Å². The summed E-state index contributed by atoms with van der Waals surface area (Å²) in [5.74, 6) is 0.436. The molecule has 172 valence electrons. The average molecular weight is 458 g/mol. The second-order valence-electron chi connectivity index (χ2n) is 9.38. The second kappa shape index (κ2) is 10.5. The fourth-order valence-electron chi connectivity index (χ4n) is 3.88. The summed E-state index contributed by atoms with van der Waals surface area (Å²) in [4.78, 5) is 31.7. The van der Waals surface area contributed by atoms with Crippen LogP contribution < -0.4 is 10.1 Å². The number of amides is 1. The Kier molecular flexibility index (Phi) is 7.91. The number of nitrogens with zero attached hydrogens (tertiary/aromatic N) is 2. The van der Waals surface area contributed by atoms with Crippen LogP contribution in [-0.4, -0.2) is 47.3 Å². The Morgan fingerprint density at radius 2 is 1.84 bits per heavy atom. The minimum absolute atomic E-state index is 0.0139. The number of methoxy groups -OCH3 is 1. The third-order valence-corrected chi connectivity index (χ3v) is 5.73. The number of ketones is 1. The number of carbonyl (C=O) groups is 2. The maximum absolute atomic E-state index is 12.8. The molecule has 6 nitrogen and oxygen atoms in total. The quantitative estimate of drug-likeness (QED) is 0.642. The van der Waals surface area contributed by atoms with Crippen molar-refractivity contribution < 1.29 is 14.3 Å². The van der Waals surface area contributed by atoms with Crippen molar-refractivity contribution in [2.75, 3.05) is 20.2 Å². The lowest BCUT2D eigenvalue weighted by Gasteiger charge is -2.20. The number of halogens is 1. The molecular weight excluding hydrogens is 426 g/mol. The predicted molar refractivity (Wildman–Crippen MR) is 126 cm³/mol. The fourth-order valence-corrected chi connectivity index (χ4v) is 4.13. The van der Waals surface area contributed by atoms with Crippen LogP contribution in [0.15, 0.2) is 30.5 Å². The van der Waals surface area contributed by atoms with Gasteiger partial charge in [0.1, 0.15) is 17.2 Å². The van der Waals surface area contributed by atoms with E-state index < -0.39 is 0 Å². The van der Waals surface area contributed by atoms with Crippen LogP contribution >= 0.6 is 11.6 Å². The van der Waals surface area contributed by atoms with E-state index in [4.69, 9.17) is 16.3 Å². The first-order valence-corrected chi connectivity index (χ1v) is 11.4. The van der Waals surface area contributed by atoms with Crippen LogP contribution in [0.25, 0.3) is 0 Å². The zero-order chi connectivity index (χ0) is 23.3. The van der Waals surface area contributed by atoms with Crippen LogP contribution in [0.4, 0.5) is 0 Å². The highest BCUT2D eigenvalue weighted by molar-refractivity contribution is 6.31. The second-order valence-corrected chi connectivity index (χ2v) is 9.79. The Bertz CT molecular complexity index is 979. The fraction of sp³-hybridized carbons (Fsp3) is 0.480. The van der Waals surface area contributed by atoms with Gasteiger partial charge in [-0.3, -0.25) is 19.5 Å². The van der Waals surface area contributed by atoms with Crippen molar-refractivity contribution in [1.29, 1.82) is 0 Å². The van der Waals surface area contributed by atoms with Gasteiger partial charge in [0.2, 0.25) is 0 Å². The molecule has 3 rings (SSSR count). The summed E-state index contributed by atoms with van der Waals surface area (Å²) >= 11 is 6.54. The smallest absolute Gasteiger partial charge is 0.270 e. The number of nitrogens with one attached hydrogen (secondary N) is 1. The molecule has 1 aliphatic rings. The van der Waals surface area contributed by atoms with E-state index >= 15 is 0 Å². The van der Waals surface area contributed by atoms with Crippen LogP contribution in [-0.2, 0) is 24.2 Å². The first kappa shape index (κ1) is 24.2. The van der Waals surface area contributed by atoms with Crippen molar-refractivity contribution in [3.05, 3.63) is 57.9 Å². The Balaban J connectivity index is 1.68. The summed E-state index contributed by atoms with van der Waals surface area (Å²) in [5, 5.41) is 3.54. The summed E-state index contributed by atoms with van der Waals surface area (Å²) < 4.78 is 5.56. The minimum atomic E-state index is -0.360. The topological polar surface area (TPSA) is 71.5 Å². The highest BCUT2D eigenvalue weighted by atomic mass is 35.5. The van der Waals surface area contributed by atoms with E-state index in [1.54, 1.807) is 25.4 Å². The minimum Gasteiger partial charge on any atom is -0.496 e. The van der Waals surface area contributed by atoms with E-state index in [1.165, 1.54) is 12.8 Å². The number of hydrogen-bond acceptors (Lipinski definition) is 5. The highest BCUT2D eigenvalue weighted by Crippen LogP contribution is 2.29. The van der Waals surface area contributed by atoms with Gasteiger partial charge in [0.25, 0.3) is 5.91 Å². The van der Waals surface area contributed by atoms with E-state index in [2.05, 4.69) is 15.2 Å². The van der Waals surface area contributed by atoms with Crippen molar-refractivity contribution in [3.63, 3.8) is 0 Å². The number of likely N-dealkylation sites (tertiary alicyclic amines) is 1. The van der Waals surface area contributed by atoms with Crippen molar-refractivity contribution in [2.24, 2.45) is 0 Å². The molecule has 0 spiro atoms. The number of Topliss-reactive ketones (excluding diaryl/α,β-unsaturated/α-hetero) is 1. The normalized spacial score (nSPS) is 14.4. The molecule has 2 aromatic rings. The first-order valence-electron chi connectivity index (χ1n) is 11.0. The lowest BCUT2D eigenvalue weighted by Crippen LogP contribution is -2.40.